The molecule has 0 aromatic carbocycles. The minimum atomic E-state index is -0.952. The highest BCUT2D eigenvalue weighted by atomic mass is 16.4. The summed E-state index contributed by atoms with van der Waals surface area (Å²) in [6, 6.07) is -0.427. The van der Waals surface area contributed by atoms with Gasteiger partial charge in [-0.05, 0) is 12.8 Å². The third-order valence-corrected chi connectivity index (χ3v) is 2.65. The van der Waals surface area contributed by atoms with Crippen molar-refractivity contribution in [3.05, 3.63) is 0 Å². The van der Waals surface area contributed by atoms with E-state index in [0.717, 1.165) is 12.8 Å². The molecule has 4 N–H and O–H groups in total. The molecule has 0 aliphatic heterocycles. The van der Waals surface area contributed by atoms with Crippen molar-refractivity contribution in [3.8, 4) is 0 Å². The number of carboxylic acid groups (broad SMARTS) is 1. The van der Waals surface area contributed by atoms with Gasteiger partial charge in [-0.25, -0.2) is 4.79 Å². The predicted octanol–water partition coefficient (Wildman–Crippen LogP) is -0.467. The molecule has 1 rings (SSSR count). The highest BCUT2D eigenvalue weighted by Gasteiger charge is 2.28. The van der Waals surface area contributed by atoms with Crippen molar-refractivity contribution in [2.24, 2.45) is 11.8 Å². The fourth-order valence-corrected chi connectivity index (χ4v) is 1.25. The zero-order valence-electron chi connectivity index (χ0n) is 10.4. The van der Waals surface area contributed by atoms with Crippen LogP contribution >= 0.6 is 0 Å². The maximum Gasteiger partial charge on any atom is 0.314 e. The summed E-state index contributed by atoms with van der Waals surface area (Å²) in [7, 11) is 0. The van der Waals surface area contributed by atoms with E-state index in [0.29, 0.717) is 13.1 Å². The van der Waals surface area contributed by atoms with Crippen molar-refractivity contribution in [1.82, 2.24) is 16.0 Å². The van der Waals surface area contributed by atoms with Crippen LogP contribution in [0.4, 0.5) is 4.79 Å². The number of urea groups is 1. The molecule has 1 aliphatic carbocycles. The Morgan fingerprint density at radius 3 is 2.33 bits per heavy atom. The fourth-order valence-electron chi connectivity index (χ4n) is 1.25. The number of hydrogen-bond donors (Lipinski definition) is 4. The number of carbonyl (C=O) groups is 3. The molecule has 0 aromatic heterocycles. The van der Waals surface area contributed by atoms with Gasteiger partial charge in [0.15, 0.2) is 0 Å². The van der Waals surface area contributed by atoms with Crippen molar-refractivity contribution in [1.29, 1.82) is 0 Å². The van der Waals surface area contributed by atoms with Crippen molar-refractivity contribution in [3.63, 3.8) is 0 Å². The molecule has 0 spiro atoms. The van der Waals surface area contributed by atoms with Crippen LogP contribution in [0.25, 0.3) is 0 Å². The lowest BCUT2D eigenvalue weighted by molar-refractivity contribution is -0.140. The van der Waals surface area contributed by atoms with Gasteiger partial charge in [0, 0.05) is 25.6 Å². The first-order valence-corrected chi connectivity index (χ1v) is 6.03. The van der Waals surface area contributed by atoms with Crippen molar-refractivity contribution >= 4 is 17.9 Å². The first-order chi connectivity index (χ1) is 8.50. The molecule has 0 heterocycles. The molecule has 0 bridgehead atoms. The Labute approximate surface area is 105 Å². The van der Waals surface area contributed by atoms with Crippen LogP contribution in [-0.4, -0.2) is 42.6 Å². The maximum atomic E-state index is 11.2. The number of carbonyl (C=O) groups excluding carboxylic acids is 2. The first kappa shape index (κ1) is 14.3. The van der Waals surface area contributed by atoms with Crippen LogP contribution < -0.4 is 16.0 Å². The Hall–Kier alpha value is -1.79. The largest absolute Gasteiger partial charge is 0.481 e. The second-order valence-electron chi connectivity index (χ2n) is 4.44. The summed E-state index contributed by atoms with van der Waals surface area (Å²) in [5, 5.41) is 16.3. The summed E-state index contributed by atoms with van der Waals surface area (Å²) in [6.07, 6.45) is 1.90. The molecule has 0 saturated heterocycles. The van der Waals surface area contributed by atoms with E-state index in [4.69, 9.17) is 5.11 Å². The Morgan fingerprint density at radius 1 is 1.17 bits per heavy atom. The number of aliphatic carboxylic acids is 1. The lowest BCUT2D eigenvalue weighted by Crippen LogP contribution is -2.42. The second kappa shape index (κ2) is 6.83. The van der Waals surface area contributed by atoms with Gasteiger partial charge < -0.3 is 21.1 Å². The van der Waals surface area contributed by atoms with Crippen molar-refractivity contribution < 1.29 is 19.5 Å². The summed E-state index contributed by atoms with van der Waals surface area (Å²) in [5.41, 5.74) is 0. The minimum absolute atomic E-state index is 0.0386. The average Bonchev–Trinajstić information content (AvgIpc) is 3.15. The van der Waals surface area contributed by atoms with Gasteiger partial charge in [0.25, 0.3) is 0 Å². The summed E-state index contributed by atoms with van der Waals surface area (Å²) in [6.45, 7) is 2.30. The van der Waals surface area contributed by atoms with Crippen LogP contribution in [0.3, 0.4) is 0 Å². The van der Waals surface area contributed by atoms with E-state index in [1.54, 1.807) is 0 Å². The molecule has 1 saturated carbocycles. The van der Waals surface area contributed by atoms with Crippen molar-refractivity contribution in [2.75, 3.05) is 19.6 Å². The van der Waals surface area contributed by atoms with Gasteiger partial charge in [-0.15, -0.1) is 0 Å². The Balaban J connectivity index is 1.99. The van der Waals surface area contributed by atoms with Crippen LogP contribution in [0, 0.1) is 11.8 Å². The minimum Gasteiger partial charge on any atom is -0.481 e. The highest BCUT2D eigenvalue weighted by Crippen LogP contribution is 2.28. The molecule has 0 aromatic rings. The van der Waals surface area contributed by atoms with Crippen LogP contribution in [0.15, 0.2) is 0 Å². The zero-order valence-corrected chi connectivity index (χ0v) is 10.4. The second-order valence-corrected chi connectivity index (χ2v) is 4.44. The molecule has 7 nitrogen and oxygen atoms in total. The lowest BCUT2D eigenvalue weighted by atomic mass is 10.2. The standard InChI is InChI=1S/C11H19N3O4/c1-7(10(16)17)6-14-11(18)13-5-4-12-9(15)8-2-3-8/h7-8H,2-6H2,1H3,(H,12,15)(H,16,17)(H2,13,14,18). The van der Waals surface area contributed by atoms with Gasteiger partial charge in [-0.1, -0.05) is 6.92 Å². The fraction of sp³-hybridized carbons (Fsp3) is 0.727. The molecular formula is C11H19N3O4. The monoisotopic (exact) mass is 257 g/mol. The summed E-state index contributed by atoms with van der Waals surface area (Å²) in [4.78, 5) is 33.0. The molecule has 7 heteroatoms. The van der Waals surface area contributed by atoms with Gasteiger partial charge >= 0.3 is 12.0 Å². The molecule has 1 fully saturated rings. The molecule has 1 unspecified atom stereocenters. The third-order valence-electron chi connectivity index (χ3n) is 2.65. The number of rotatable bonds is 7. The van der Waals surface area contributed by atoms with E-state index in [1.807, 2.05) is 0 Å². The number of amides is 3. The van der Waals surface area contributed by atoms with Crippen LogP contribution in [0.2, 0.25) is 0 Å². The Morgan fingerprint density at radius 2 is 1.78 bits per heavy atom. The molecule has 102 valence electrons. The van der Waals surface area contributed by atoms with E-state index >= 15 is 0 Å². The molecule has 3 amide bonds. The van der Waals surface area contributed by atoms with Crippen molar-refractivity contribution in [2.45, 2.75) is 19.8 Å². The molecule has 1 atom stereocenters. The van der Waals surface area contributed by atoms with E-state index < -0.39 is 17.9 Å². The summed E-state index contributed by atoms with van der Waals surface area (Å²) >= 11 is 0. The maximum absolute atomic E-state index is 11.2. The number of carboxylic acids is 1. The molecule has 0 radical (unpaired) electrons. The van der Waals surface area contributed by atoms with Crippen LogP contribution in [-0.2, 0) is 9.59 Å². The molecule has 18 heavy (non-hydrogen) atoms. The van der Waals surface area contributed by atoms with Crippen LogP contribution in [0.5, 0.6) is 0 Å². The predicted molar refractivity (Wildman–Crippen MR) is 63.9 cm³/mol. The van der Waals surface area contributed by atoms with E-state index in [-0.39, 0.29) is 18.4 Å². The summed E-state index contributed by atoms with van der Waals surface area (Å²) < 4.78 is 0. The lowest BCUT2D eigenvalue weighted by Gasteiger charge is -2.10. The van der Waals surface area contributed by atoms with E-state index in [1.165, 1.54) is 6.92 Å². The Bertz CT molecular complexity index is 328. The topological polar surface area (TPSA) is 108 Å². The van der Waals surface area contributed by atoms with Gasteiger partial charge in [0.1, 0.15) is 0 Å². The SMILES string of the molecule is CC(CNC(=O)NCCNC(=O)C1CC1)C(=O)O. The van der Waals surface area contributed by atoms with Gasteiger partial charge in [0.2, 0.25) is 5.91 Å². The first-order valence-electron chi connectivity index (χ1n) is 6.03. The van der Waals surface area contributed by atoms with Gasteiger partial charge in [-0.2, -0.15) is 0 Å². The Kier molecular flexibility index (Phi) is 5.41. The van der Waals surface area contributed by atoms with Gasteiger partial charge in [0.05, 0.1) is 5.92 Å². The number of nitrogens with one attached hydrogen (secondary N) is 3. The molecular weight excluding hydrogens is 238 g/mol. The van der Waals surface area contributed by atoms with Gasteiger partial charge in [-0.3, -0.25) is 9.59 Å². The van der Waals surface area contributed by atoms with E-state index in [9.17, 15) is 14.4 Å². The van der Waals surface area contributed by atoms with Crippen LogP contribution in [0.1, 0.15) is 19.8 Å². The third kappa shape index (κ3) is 5.51. The normalized spacial score (nSPS) is 15.6. The summed E-state index contributed by atoms with van der Waals surface area (Å²) in [5.74, 6) is -1.37. The number of hydrogen-bond acceptors (Lipinski definition) is 3. The molecule has 1 aliphatic rings. The van der Waals surface area contributed by atoms with E-state index in [2.05, 4.69) is 16.0 Å². The highest BCUT2D eigenvalue weighted by molar-refractivity contribution is 5.81. The quantitative estimate of drug-likeness (QED) is 0.462. The zero-order chi connectivity index (χ0) is 13.5. The average molecular weight is 257 g/mol. The smallest absolute Gasteiger partial charge is 0.314 e.